The Kier molecular flexibility index (Phi) is 2.78. The Morgan fingerprint density at radius 2 is 2.44 bits per heavy atom. The average Bonchev–Trinajstić information content (AvgIpc) is 2.96. The highest BCUT2D eigenvalue weighted by atomic mass is 32.1. The van der Waals surface area contributed by atoms with Crippen molar-refractivity contribution in [3.8, 4) is 0 Å². The second-order valence-electron chi connectivity index (χ2n) is 5.13. The van der Waals surface area contributed by atoms with E-state index in [-0.39, 0.29) is 0 Å². The fraction of sp³-hybridized carbons (Fsp3) is 0.692. The van der Waals surface area contributed by atoms with Gasteiger partial charge in [-0.05, 0) is 50.1 Å². The summed E-state index contributed by atoms with van der Waals surface area (Å²) in [6.45, 7) is 2.30. The molecule has 0 saturated carbocycles. The number of hydrogen-bond acceptors (Lipinski definition) is 3. The lowest BCUT2D eigenvalue weighted by molar-refractivity contribution is 0.00630. The first-order valence-corrected chi connectivity index (χ1v) is 7.15. The number of rotatable bonds is 3. The van der Waals surface area contributed by atoms with E-state index in [0.717, 1.165) is 25.8 Å². The Hall–Kier alpha value is -0.380. The molecule has 1 aromatic heterocycles. The maximum absolute atomic E-state index is 10.7. The van der Waals surface area contributed by atoms with Crippen molar-refractivity contribution in [3.05, 3.63) is 22.4 Å². The Balaban J connectivity index is 1.65. The molecule has 2 saturated heterocycles. The van der Waals surface area contributed by atoms with E-state index < -0.39 is 5.60 Å². The molecular weight excluding hydrogens is 218 g/mol. The van der Waals surface area contributed by atoms with Crippen LogP contribution in [0, 0.1) is 0 Å². The van der Waals surface area contributed by atoms with Crippen molar-refractivity contribution < 1.29 is 5.11 Å². The summed E-state index contributed by atoms with van der Waals surface area (Å²) in [7, 11) is 0. The maximum atomic E-state index is 10.7. The number of nitrogens with zero attached hydrogens (tertiary/aromatic N) is 1. The predicted octanol–water partition coefficient (Wildman–Crippen LogP) is 2.28. The molecule has 2 nitrogen and oxygen atoms in total. The molecule has 2 atom stereocenters. The third-order valence-electron chi connectivity index (χ3n) is 4.20. The molecule has 2 aliphatic heterocycles. The van der Waals surface area contributed by atoms with Gasteiger partial charge < -0.3 is 5.11 Å². The average molecular weight is 237 g/mol. The Bertz CT molecular complexity index is 351. The van der Waals surface area contributed by atoms with Crippen LogP contribution < -0.4 is 0 Å². The zero-order valence-corrected chi connectivity index (χ0v) is 10.4. The summed E-state index contributed by atoms with van der Waals surface area (Å²) in [6.07, 6.45) is 5.42. The van der Waals surface area contributed by atoms with E-state index >= 15 is 0 Å². The number of fused-ring (bicyclic) bond motifs is 1. The summed E-state index contributed by atoms with van der Waals surface area (Å²) < 4.78 is 0. The molecule has 2 fully saturated rings. The molecule has 16 heavy (non-hydrogen) atoms. The summed E-state index contributed by atoms with van der Waals surface area (Å²) in [4.78, 5) is 3.89. The molecule has 3 rings (SSSR count). The normalized spacial score (nSPS) is 34.4. The predicted molar refractivity (Wildman–Crippen MR) is 66.8 cm³/mol. The van der Waals surface area contributed by atoms with Crippen LogP contribution in [-0.4, -0.2) is 34.7 Å². The van der Waals surface area contributed by atoms with Crippen LogP contribution in [0.4, 0.5) is 0 Å². The van der Waals surface area contributed by atoms with Crippen LogP contribution in [0.2, 0.25) is 0 Å². The van der Waals surface area contributed by atoms with Crippen LogP contribution in [0.5, 0.6) is 0 Å². The minimum atomic E-state index is -0.402. The monoisotopic (exact) mass is 237 g/mol. The minimum absolute atomic E-state index is 0.402. The van der Waals surface area contributed by atoms with Crippen molar-refractivity contribution >= 4 is 11.3 Å². The minimum Gasteiger partial charge on any atom is -0.388 e. The summed E-state index contributed by atoms with van der Waals surface area (Å²) in [5, 5.41) is 12.8. The molecule has 88 valence electrons. The van der Waals surface area contributed by atoms with Gasteiger partial charge in [0.2, 0.25) is 0 Å². The van der Waals surface area contributed by atoms with Gasteiger partial charge in [-0.1, -0.05) is 6.07 Å². The number of thiophene rings is 1. The van der Waals surface area contributed by atoms with Gasteiger partial charge in [0, 0.05) is 17.5 Å². The second kappa shape index (κ2) is 4.13. The van der Waals surface area contributed by atoms with Gasteiger partial charge in [-0.2, -0.15) is 0 Å². The van der Waals surface area contributed by atoms with E-state index in [9.17, 15) is 5.11 Å². The van der Waals surface area contributed by atoms with Gasteiger partial charge in [-0.25, -0.2) is 0 Å². The van der Waals surface area contributed by atoms with E-state index in [1.165, 1.54) is 24.3 Å². The highest BCUT2D eigenvalue weighted by molar-refractivity contribution is 7.09. The van der Waals surface area contributed by atoms with Gasteiger partial charge in [-0.3, -0.25) is 4.90 Å². The van der Waals surface area contributed by atoms with Gasteiger partial charge in [0.15, 0.2) is 0 Å². The van der Waals surface area contributed by atoms with Crippen molar-refractivity contribution in [2.75, 3.05) is 13.1 Å². The summed E-state index contributed by atoms with van der Waals surface area (Å²) in [6, 6.07) is 4.73. The lowest BCUT2D eigenvalue weighted by Crippen LogP contribution is -2.41. The summed E-state index contributed by atoms with van der Waals surface area (Å²) >= 11 is 1.81. The van der Waals surface area contributed by atoms with Crippen LogP contribution in [0.1, 0.15) is 30.6 Å². The van der Waals surface area contributed by atoms with Crippen LogP contribution in [0.3, 0.4) is 0 Å². The molecule has 2 unspecified atom stereocenters. The van der Waals surface area contributed by atoms with Gasteiger partial charge in [0.25, 0.3) is 0 Å². The highest BCUT2D eigenvalue weighted by Gasteiger charge is 2.47. The molecule has 1 aromatic rings. The molecule has 0 spiro atoms. The Morgan fingerprint density at radius 3 is 3.25 bits per heavy atom. The third-order valence-corrected chi connectivity index (χ3v) is 5.14. The van der Waals surface area contributed by atoms with Crippen LogP contribution in [0.15, 0.2) is 17.5 Å². The fourth-order valence-corrected chi connectivity index (χ4v) is 4.00. The van der Waals surface area contributed by atoms with E-state index in [0.29, 0.717) is 6.04 Å². The first-order valence-electron chi connectivity index (χ1n) is 6.27. The van der Waals surface area contributed by atoms with Crippen LogP contribution >= 0.6 is 11.3 Å². The fourth-order valence-electron chi connectivity index (χ4n) is 3.29. The van der Waals surface area contributed by atoms with E-state index in [4.69, 9.17) is 0 Å². The largest absolute Gasteiger partial charge is 0.388 e. The van der Waals surface area contributed by atoms with E-state index in [1.807, 2.05) is 0 Å². The third kappa shape index (κ3) is 1.81. The Morgan fingerprint density at radius 1 is 1.50 bits per heavy atom. The first-order chi connectivity index (χ1) is 7.78. The molecule has 3 heteroatoms. The molecule has 0 radical (unpaired) electrons. The molecule has 2 aliphatic rings. The smallest absolute Gasteiger partial charge is 0.0817 e. The van der Waals surface area contributed by atoms with Crippen molar-refractivity contribution in [2.24, 2.45) is 0 Å². The van der Waals surface area contributed by atoms with Gasteiger partial charge in [0.05, 0.1) is 5.60 Å². The molecule has 3 heterocycles. The zero-order chi connectivity index (χ0) is 11.0. The standard InChI is InChI=1S/C13H19NOS/c15-13(6-5-11-3-2-10-16-11)7-9-14-8-1-4-12(13)14/h2-3,10,12,15H,1,4-9H2. The number of aryl methyl sites for hydroxylation is 1. The van der Waals surface area contributed by atoms with Gasteiger partial charge >= 0.3 is 0 Å². The molecule has 1 N–H and O–H groups in total. The zero-order valence-electron chi connectivity index (χ0n) is 9.56. The second-order valence-corrected chi connectivity index (χ2v) is 6.16. The van der Waals surface area contributed by atoms with Gasteiger partial charge in [0.1, 0.15) is 0 Å². The van der Waals surface area contributed by atoms with E-state index in [2.05, 4.69) is 22.4 Å². The maximum Gasteiger partial charge on any atom is 0.0817 e. The van der Waals surface area contributed by atoms with Crippen molar-refractivity contribution in [1.29, 1.82) is 0 Å². The number of aliphatic hydroxyl groups is 1. The van der Waals surface area contributed by atoms with Crippen LogP contribution in [0.25, 0.3) is 0 Å². The SMILES string of the molecule is OC1(CCc2cccs2)CCN2CCCC21. The van der Waals surface area contributed by atoms with Crippen molar-refractivity contribution in [3.63, 3.8) is 0 Å². The quantitative estimate of drug-likeness (QED) is 0.872. The van der Waals surface area contributed by atoms with E-state index in [1.54, 1.807) is 11.3 Å². The van der Waals surface area contributed by atoms with Crippen LogP contribution in [-0.2, 0) is 6.42 Å². The number of hydrogen-bond donors (Lipinski definition) is 1. The first kappa shape index (κ1) is 10.8. The van der Waals surface area contributed by atoms with Crippen molar-refractivity contribution in [2.45, 2.75) is 43.7 Å². The summed E-state index contributed by atoms with van der Waals surface area (Å²) in [5.41, 5.74) is -0.402. The van der Waals surface area contributed by atoms with Gasteiger partial charge in [-0.15, -0.1) is 11.3 Å². The van der Waals surface area contributed by atoms with Crippen molar-refractivity contribution in [1.82, 2.24) is 4.90 Å². The molecule has 0 aliphatic carbocycles. The molecule has 0 amide bonds. The molecule has 0 aromatic carbocycles. The Labute approximate surface area is 101 Å². The highest BCUT2D eigenvalue weighted by Crippen LogP contribution is 2.38. The topological polar surface area (TPSA) is 23.5 Å². The molecule has 0 bridgehead atoms. The summed E-state index contributed by atoms with van der Waals surface area (Å²) in [5.74, 6) is 0. The molecular formula is C13H19NOS. The lowest BCUT2D eigenvalue weighted by Gasteiger charge is -2.29. The lowest BCUT2D eigenvalue weighted by atomic mass is 9.88.